The molecule has 0 radical (unpaired) electrons. The molecule has 3 N–H and O–H groups in total. The fourth-order valence-electron chi connectivity index (χ4n) is 1.81. The number of nitrogens with two attached hydrogens (primary N) is 1. The Bertz CT molecular complexity index is 387. The number of hydrogen-bond donors (Lipinski definition) is 2. The van der Waals surface area contributed by atoms with Gasteiger partial charge in [-0.3, -0.25) is 9.48 Å². The van der Waals surface area contributed by atoms with E-state index in [-0.39, 0.29) is 5.91 Å². The minimum Gasteiger partial charge on any atom is -0.394 e. The maximum Gasteiger partial charge on any atom is 0.257 e. The van der Waals surface area contributed by atoms with Crippen molar-refractivity contribution in [3.8, 4) is 0 Å². The second-order valence-electron chi connectivity index (χ2n) is 4.21. The van der Waals surface area contributed by atoms with Gasteiger partial charge < -0.3 is 15.8 Å². The lowest BCUT2D eigenvalue weighted by Crippen LogP contribution is -2.39. The maximum absolute atomic E-state index is 12.0. The van der Waals surface area contributed by atoms with Gasteiger partial charge in [0.25, 0.3) is 5.91 Å². The predicted octanol–water partition coefficient (Wildman–Crippen LogP) is 0.510. The topological polar surface area (TPSA) is 82.2 Å². The zero-order chi connectivity index (χ0) is 11.8. The van der Waals surface area contributed by atoms with Crippen LogP contribution < -0.4 is 11.1 Å². The van der Waals surface area contributed by atoms with E-state index in [0.29, 0.717) is 18.1 Å². The van der Waals surface area contributed by atoms with Crippen molar-refractivity contribution in [3.63, 3.8) is 0 Å². The van der Waals surface area contributed by atoms with Crippen LogP contribution in [0.2, 0.25) is 0 Å². The summed E-state index contributed by atoms with van der Waals surface area (Å²) in [4.78, 5) is 12.0. The van der Waals surface area contributed by atoms with E-state index in [1.54, 1.807) is 14.0 Å². The third-order valence-electron chi connectivity index (χ3n) is 2.90. The molecule has 1 atom stereocenters. The Morgan fingerprint density at radius 1 is 1.75 bits per heavy atom. The Hall–Kier alpha value is -1.56. The van der Waals surface area contributed by atoms with Crippen LogP contribution in [-0.4, -0.2) is 27.9 Å². The predicted molar refractivity (Wildman–Crippen MR) is 59.8 cm³/mol. The first-order valence-electron chi connectivity index (χ1n) is 5.26. The van der Waals surface area contributed by atoms with Gasteiger partial charge in [0.1, 0.15) is 5.60 Å². The number of nitrogens with zero attached hydrogens (tertiary/aromatic N) is 2. The van der Waals surface area contributed by atoms with Gasteiger partial charge in [-0.2, -0.15) is 5.10 Å². The van der Waals surface area contributed by atoms with Gasteiger partial charge in [0.15, 0.2) is 5.82 Å². The molecule has 0 bridgehead atoms. The highest BCUT2D eigenvalue weighted by Crippen LogP contribution is 2.27. The number of nitrogens with one attached hydrogen (secondary N) is 1. The van der Waals surface area contributed by atoms with Crippen LogP contribution in [0.4, 0.5) is 11.5 Å². The summed E-state index contributed by atoms with van der Waals surface area (Å²) in [6, 6.07) is 0. The minimum absolute atomic E-state index is 0.166. The third kappa shape index (κ3) is 1.76. The molecule has 1 saturated heterocycles. The molecule has 2 rings (SSSR count). The molecule has 1 amide bonds. The SMILES string of the molecule is Cn1ncc(N)c1NC(=O)C1(C)CCCO1. The number of anilines is 2. The van der Waals surface area contributed by atoms with Crippen LogP contribution in [0.3, 0.4) is 0 Å². The van der Waals surface area contributed by atoms with Gasteiger partial charge in [-0.15, -0.1) is 0 Å². The number of carbonyl (C=O) groups excluding carboxylic acids is 1. The number of nitrogen functional groups attached to an aromatic ring is 1. The molecule has 1 unspecified atom stereocenters. The molecule has 1 aliphatic rings. The van der Waals surface area contributed by atoms with E-state index in [1.807, 2.05) is 0 Å². The molecule has 1 aromatic heterocycles. The van der Waals surface area contributed by atoms with Crippen molar-refractivity contribution in [3.05, 3.63) is 6.20 Å². The van der Waals surface area contributed by atoms with Crippen LogP contribution in [0.1, 0.15) is 19.8 Å². The average molecular weight is 224 g/mol. The fraction of sp³-hybridized carbons (Fsp3) is 0.600. The molecular weight excluding hydrogens is 208 g/mol. The summed E-state index contributed by atoms with van der Waals surface area (Å²) < 4.78 is 6.98. The van der Waals surface area contributed by atoms with Crippen LogP contribution in [0.15, 0.2) is 6.20 Å². The first kappa shape index (κ1) is 10.9. The Morgan fingerprint density at radius 3 is 3.00 bits per heavy atom. The summed E-state index contributed by atoms with van der Waals surface area (Å²) in [7, 11) is 1.73. The van der Waals surface area contributed by atoms with E-state index in [0.717, 1.165) is 12.8 Å². The van der Waals surface area contributed by atoms with Gasteiger partial charge in [-0.1, -0.05) is 0 Å². The summed E-state index contributed by atoms with van der Waals surface area (Å²) in [5.41, 5.74) is 5.41. The molecule has 1 fully saturated rings. The number of hydrogen-bond acceptors (Lipinski definition) is 4. The summed E-state index contributed by atoms with van der Waals surface area (Å²) >= 11 is 0. The highest BCUT2D eigenvalue weighted by molar-refractivity contribution is 5.98. The molecule has 2 heterocycles. The van der Waals surface area contributed by atoms with E-state index in [9.17, 15) is 4.79 Å². The quantitative estimate of drug-likeness (QED) is 0.766. The molecule has 1 aromatic rings. The maximum atomic E-state index is 12.0. The van der Waals surface area contributed by atoms with Crippen LogP contribution >= 0.6 is 0 Å². The van der Waals surface area contributed by atoms with Gasteiger partial charge in [0.05, 0.1) is 11.9 Å². The Balaban J connectivity index is 2.13. The average Bonchev–Trinajstić information content (AvgIpc) is 2.80. The number of aryl methyl sites for hydroxylation is 1. The third-order valence-corrected chi connectivity index (χ3v) is 2.90. The highest BCUT2D eigenvalue weighted by atomic mass is 16.5. The van der Waals surface area contributed by atoms with Gasteiger partial charge in [0.2, 0.25) is 0 Å². The molecule has 88 valence electrons. The van der Waals surface area contributed by atoms with E-state index in [4.69, 9.17) is 10.5 Å². The van der Waals surface area contributed by atoms with Crippen LogP contribution in [-0.2, 0) is 16.6 Å². The minimum atomic E-state index is -0.739. The summed E-state index contributed by atoms with van der Waals surface area (Å²) in [5, 5.41) is 6.71. The summed E-state index contributed by atoms with van der Waals surface area (Å²) in [6.45, 7) is 2.42. The molecular formula is C10H16N4O2. The van der Waals surface area contributed by atoms with Crippen molar-refractivity contribution in [1.82, 2.24) is 9.78 Å². The Labute approximate surface area is 93.8 Å². The van der Waals surface area contributed by atoms with Crippen molar-refractivity contribution >= 4 is 17.4 Å². The number of aromatic nitrogens is 2. The smallest absolute Gasteiger partial charge is 0.257 e. The summed E-state index contributed by atoms with van der Waals surface area (Å²) in [5.74, 6) is 0.349. The lowest BCUT2D eigenvalue weighted by molar-refractivity contribution is -0.133. The van der Waals surface area contributed by atoms with Crippen LogP contribution in [0, 0.1) is 0 Å². The van der Waals surface area contributed by atoms with Gasteiger partial charge >= 0.3 is 0 Å². The highest BCUT2D eigenvalue weighted by Gasteiger charge is 2.38. The van der Waals surface area contributed by atoms with Crippen molar-refractivity contribution in [1.29, 1.82) is 0 Å². The largest absolute Gasteiger partial charge is 0.394 e. The number of amides is 1. The van der Waals surface area contributed by atoms with Gasteiger partial charge in [-0.25, -0.2) is 0 Å². The van der Waals surface area contributed by atoms with Gasteiger partial charge in [0, 0.05) is 13.7 Å². The molecule has 0 aliphatic carbocycles. The van der Waals surface area contributed by atoms with Crippen molar-refractivity contribution in [2.24, 2.45) is 7.05 Å². The Kier molecular flexibility index (Phi) is 2.59. The zero-order valence-corrected chi connectivity index (χ0v) is 9.49. The molecule has 6 heteroatoms. The zero-order valence-electron chi connectivity index (χ0n) is 9.49. The monoisotopic (exact) mass is 224 g/mol. The number of ether oxygens (including phenoxy) is 1. The van der Waals surface area contributed by atoms with Crippen LogP contribution in [0.5, 0.6) is 0 Å². The van der Waals surface area contributed by atoms with Crippen molar-refractivity contribution < 1.29 is 9.53 Å². The van der Waals surface area contributed by atoms with Gasteiger partial charge in [-0.05, 0) is 19.8 Å². The molecule has 1 aliphatic heterocycles. The molecule has 0 aromatic carbocycles. The first-order valence-corrected chi connectivity index (χ1v) is 5.26. The first-order chi connectivity index (χ1) is 7.53. The fourth-order valence-corrected chi connectivity index (χ4v) is 1.81. The normalized spacial score (nSPS) is 24.6. The van der Waals surface area contributed by atoms with Crippen molar-refractivity contribution in [2.75, 3.05) is 17.7 Å². The van der Waals surface area contributed by atoms with E-state index in [2.05, 4.69) is 10.4 Å². The number of rotatable bonds is 2. The van der Waals surface area contributed by atoms with E-state index >= 15 is 0 Å². The molecule has 0 spiro atoms. The summed E-state index contributed by atoms with van der Waals surface area (Å²) in [6.07, 6.45) is 3.15. The molecule has 16 heavy (non-hydrogen) atoms. The van der Waals surface area contributed by atoms with E-state index in [1.165, 1.54) is 10.9 Å². The number of carbonyl (C=O) groups is 1. The lowest BCUT2D eigenvalue weighted by Gasteiger charge is -2.21. The lowest BCUT2D eigenvalue weighted by atomic mass is 10.0. The van der Waals surface area contributed by atoms with Crippen molar-refractivity contribution in [2.45, 2.75) is 25.4 Å². The second kappa shape index (κ2) is 3.79. The standard InChI is InChI=1S/C10H16N4O2/c1-10(4-3-5-16-10)9(15)13-8-7(11)6-12-14(8)2/h6H,3-5,11H2,1-2H3,(H,13,15). The second-order valence-corrected chi connectivity index (χ2v) is 4.21. The van der Waals surface area contributed by atoms with E-state index < -0.39 is 5.60 Å². The molecule has 0 saturated carbocycles. The van der Waals surface area contributed by atoms with Crippen LogP contribution in [0.25, 0.3) is 0 Å². The molecule has 6 nitrogen and oxygen atoms in total. The Morgan fingerprint density at radius 2 is 2.50 bits per heavy atom.